The normalized spacial score (nSPS) is 13.0. The van der Waals surface area contributed by atoms with Crippen LogP contribution in [0.5, 0.6) is 0 Å². The van der Waals surface area contributed by atoms with Crippen LogP contribution < -0.4 is 5.32 Å². The number of hydrogen-bond donors (Lipinski definition) is 1. The Labute approximate surface area is 125 Å². The number of nitrogens with one attached hydrogen (secondary N) is 1. The highest BCUT2D eigenvalue weighted by molar-refractivity contribution is 5.96. The van der Waals surface area contributed by atoms with E-state index in [1.165, 1.54) is 25.1 Å². The van der Waals surface area contributed by atoms with Gasteiger partial charge in [0, 0.05) is 0 Å². The third-order valence-electron chi connectivity index (χ3n) is 3.34. The fourth-order valence-electron chi connectivity index (χ4n) is 2.29. The molecule has 0 aliphatic heterocycles. The van der Waals surface area contributed by atoms with E-state index in [1.807, 2.05) is 0 Å². The molecule has 0 radical (unpaired) electrons. The molecule has 2 aromatic rings. The van der Waals surface area contributed by atoms with Gasteiger partial charge in [-0.2, -0.15) is 13.2 Å². The van der Waals surface area contributed by atoms with Crippen LogP contribution in [0.1, 0.15) is 45.9 Å². The molecule has 1 atom stereocenters. The Balaban J connectivity index is 2.27. The van der Waals surface area contributed by atoms with Crippen molar-refractivity contribution in [1.29, 1.82) is 0 Å². The molecule has 0 aliphatic carbocycles. The van der Waals surface area contributed by atoms with Gasteiger partial charge in [0.1, 0.15) is 11.3 Å². The highest BCUT2D eigenvalue weighted by Crippen LogP contribution is 2.34. The molecule has 1 heterocycles. The predicted molar refractivity (Wildman–Crippen MR) is 73.3 cm³/mol. The average Bonchev–Trinajstić information content (AvgIpc) is 2.77. The first kappa shape index (κ1) is 16.1. The van der Waals surface area contributed by atoms with Crippen LogP contribution in [0, 0.1) is 13.8 Å². The number of benzene rings is 1. The molecule has 0 unspecified atom stereocenters. The van der Waals surface area contributed by atoms with Crippen molar-refractivity contribution in [1.82, 2.24) is 10.5 Å². The SMILES string of the molecule is Cc1noc(C)c1C(=O)N[C@H](C)c1ccccc1C(F)(F)F. The van der Waals surface area contributed by atoms with Gasteiger partial charge in [-0.3, -0.25) is 4.79 Å². The van der Waals surface area contributed by atoms with E-state index in [0.29, 0.717) is 11.5 Å². The van der Waals surface area contributed by atoms with E-state index in [-0.39, 0.29) is 11.1 Å². The molecule has 0 saturated heterocycles. The maximum atomic E-state index is 13.0. The Kier molecular flexibility index (Phi) is 4.25. The molecule has 1 aromatic heterocycles. The van der Waals surface area contributed by atoms with Crippen molar-refractivity contribution < 1.29 is 22.5 Å². The Morgan fingerprint density at radius 2 is 1.91 bits per heavy atom. The van der Waals surface area contributed by atoms with Crippen molar-refractivity contribution in [2.24, 2.45) is 0 Å². The van der Waals surface area contributed by atoms with Crippen molar-refractivity contribution >= 4 is 5.91 Å². The molecule has 0 saturated carbocycles. The minimum Gasteiger partial charge on any atom is -0.361 e. The van der Waals surface area contributed by atoms with Gasteiger partial charge in [0.05, 0.1) is 17.3 Å². The highest BCUT2D eigenvalue weighted by Gasteiger charge is 2.34. The van der Waals surface area contributed by atoms with Gasteiger partial charge < -0.3 is 9.84 Å². The summed E-state index contributed by atoms with van der Waals surface area (Å²) >= 11 is 0. The molecule has 118 valence electrons. The predicted octanol–water partition coefficient (Wildman–Crippen LogP) is 3.80. The number of carbonyl (C=O) groups is 1. The Bertz CT molecular complexity index is 673. The van der Waals surface area contributed by atoms with E-state index >= 15 is 0 Å². The number of aryl methyl sites for hydroxylation is 2. The molecular weight excluding hydrogens is 297 g/mol. The smallest absolute Gasteiger partial charge is 0.361 e. The van der Waals surface area contributed by atoms with Crippen LogP contribution in [0.15, 0.2) is 28.8 Å². The molecule has 2 rings (SSSR count). The van der Waals surface area contributed by atoms with Crippen LogP contribution in [-0.2, 0) is 6.18 Å². The molecule has 7 heteroatoms. The van der Waals surface area contributed by atoms with E-state index in [2.05, 4.69) is 10.5 Å². The van der Waals surface area contributed by atoms with Gasteiger partial charge in [-0.1, -0.05) is 23.4 Å². The van der Waals surface area contributed by atoms with Crippen LogP contribution in [-0.4, -0.2) is 11.1 Å². The van der Waals surface area contributed by atoms with Crippen LogP contribution in [0.4, 0.5) is 13.2 Å². The number of amides is 1. The van der Waals surface area contributed by atoms with Crippen molar-refractivity contribution in [3.63, 3.8) is 0 Å². The van der Waals surface area contributed by atoms with Crippen LogP contribution in [0.3, 0.4) is 0 Å². The molecule has 0 aliphatic rings. The van der Waals surface area contributed by atoms with Gasteiger partial charge in [-0.05, 0) is 32.4 Å². The monoisotopic (exact) mass is 312 g/mol. The molecule has 0 bridgehead atoms. The van der Waals surface area contributed by atoms with Crippen LogP contribution in [0.25, 0.3) is 0 Å². The van der Waals surface area contributed by atoms with Gasteiger partial charge in [-0.15, -0.1) is 0 Å². The summed E-state index contributed by atoms with van der Waals surface area (Å²) < 4.78 is 43.9. The molecule has 1 N–H and O–H groups in total. The molecular formula is C15H15F3N2O2. The zero-order chi connectivity index (χ0) is 16.5. The van der Waals surface area contributed by atoms with Crippen molar-refractivity contribution in [2.75, 3.05) is 0 Å². The van der Waals surface area contributed by atoms with Crippen molar-refractivity contribution in [3.8, 4) is 0 Å². The Morgan fingerprint density at radius 3 is 2.45 bits per heavy atom. The summed E-state index contributed by atoms with van der Waals surface area (Å²) in [5.74, 6) is -0.188. The topological polar surface area (TPSA) is 55.1 Å². The maximum absolute atomic E-state index is 13.0. The molecule has 0 spiro atoms. The molecule has 0 fully saturated rings. The maximum Gasteiger partial charge on any atom is 0.416 e. The third kappa shape index (κ3) is 3.13. The minimum absolute atomic E-state index is 0.00936. The second-order valence-corrected chi connectivity index (χ2v) is 4.98. The molecule has 1 aromatic carbocycles. The van der Waals surface area contributed by atoms with Crippen LogP contribution >= 0.6 is 0 Å². The quantitative estimate of drug-likeness (QED) is 0.938. The lowest BCUT2D eigenvalue weighted by Crippen LogP contribution is -2.29. The lowest BCUT2D eigenvalue weighted by atomic mass is 10.0. The number of nitrogens with zero attached hydrogens (tertiary/aromatic N) is 1. The van der Waals surface area contributed by atoms with E-state index in [4.69, 9.17) is 4.52 Å². The van der Waals surface area contributed by atoms with E-state index in [1.54, 1.807) is 13.8 Å². The first-order chi connectivity index (χ1) is 10.2. The summed E-state index contributed by atoms with van der Waals surface area (Å²) in [4.78, 5) is 12.2. The van der Waals surface area contributed by atoms with Crippen molar-refractivity contribution in [3.05, 3.63) is 52.4 Å². The van der Waals surface area contributed by atoms with Gasteiger partial charge in [0.25, 0.3) is 5.91 Å². The average molecular weight is 312 g/mol. The summed E-state index contributed by atoms with van der Waals surface area (Å²) in [5.41, 5.74) is -0.112. The summed E-state index contributed by atoms with van der Waals surface area (Å²) in [6.45, 7) is 4.67. The van der Waals surface area contributed by atoms with Gasteiger partial charge >= 0.3 is 6.18 Å². The van der Waals surface area contributed by atoms with Gasteiger partial charge in [0.2, 0.25) is 0 Å². The zero-order valence-electron chi connectivity index (χ0n) is 12.3. The van der Waals surface area contributed by atoms with Crippen LogP contribution in [0.2, 0.25) is 0 Å². The number of rotatable bonds is 3. The second-order valence-electron chi connectivity index (χ2n) is 4.98. The fraction of sp³-hybridized carbons (Fsp3) is 0.333. The second kappa shape index (κ2) is 5.82. The Morgan fingerprint density at radius 1 is 1.27 bits per heavy atom. The lowest BCUT2D eigenvalue weighted by Gasteiger charge is -2.19. The number of aromatic nitrogens is 1. The molecule has 1 amide bonds. The zero-order valence-corrected chi connectivity index (χ0v) is 12.3. The lowest BCUT2D eigenvalue weighted by molar-refractivity contribution is -0.138. The summed E-state index contributed by atoms with van der Waals surface area (Å²) in [7, 11) is 0. The summed E-state index contributed by atoms with van der Waals surface area (Å²) in [5, 5.41) is 6.21. The Hall–Kier alpha value is -2.31. The summed E-state index contributed by atoms with van der Waals surface area (Å²) in [6.07, 6.45) is -4.47. The van der Waals surface area contributed by atoms with Gasteiger partial charge in [0.15, 0.2) is 0 Å². The highest BCUT2D eigenvalue weighted by atomic mass is 19.4. The number of alkyl halides is 3. The fourth-order valence-corrected chi connectivity index (χ4v) is 2.29. The number of hydrogen-bond acceptors (Lipinski definition) is 3. The molecule has 4 nitrogen and oxygen atoms in total. The molecule has 22 heavy (non-hydrogen) atoms. The van der Waals surface area contributed by atoms with E-state index in [0.717, 1.165) is 6.07 Å². The summed E-state index contributed by atoms with van der Waals surface area (Å²) in [6, 6.07) is 4.35. The first-order valence-corrected chi connectivity index (χ1v) is 6.61. The number of halogens is 3. The van der Waals surface area contributed by atoms with Crippen molar-refractivity contribution in [2.45, 2.75) is 33.0 Å². The third-order valence-corrected chi connectivity index (χ3v) is 3.34. The first-order valence-electron chi connectivity index (χ1n) is 6.61. The van der Waals surface area contributed by atoms with E-state index < -0.39 is 23.7 Å². The van der Waals surface area contributed by atoms with Gasteiger partial charge in [-0.25, -0.2) is 0 Å². The standard InChI is InChI=1S/C15H15F3N2O2/c1-8(11-6-4-5-7-12(11)15(16,17)18)19-14(21)13-9(2)20-22-10(13)3/h4-8H,1-3H3,(H,19,21)/t8-/m1/s1. The largest absolute Gasteiger partial charge is 0.416 e. The minimum atomic E-state index is -4.47. The van der Waals surface area contributed by atoms with E-state index in [9.17, 15) is 18.0 Å². The number of carbonyl (C=O) groups excluding carboxylic acids is 1.